The van der Waals surface area contributed by atoms with Gasteiger partial charge in [-0.15, -0.1) is 0 Å². The maximum absolute atomic E-state index is 12.9. The Bertz CT molecular complexity index is 699. The summed E-state index contributed by atoms with van der Waals surface area (Å²) in [6.45, 7) is 2.91. The molecule has 0 saturated carbocycles. The molecule has 1 N–H and O–H groups in total. The van der Waals surface area contributed by atoms with Crippen molar-refractivity contribution < 1.29 is 4.79 Å². The molecule has 2 amide bonds. The number of rotatable bonds is 2. The second kappa shape index (κ2) is 7.84. The van der Waals surface area contributed by atoms with E-state index in [0.29, 0.717) is 0 Å². The van der Waals surface area contributed by atoms with Crippen LogP contribution in [0.2, 0.25) is 0 Å². The number of hydrogen-bond donors (Lipinski definition) is 1. The predicted octanol–water partition coefficient (Wildman–Crippen LogP) is 5.91. The largest absolute Gasteiger partial charge is 0.322 e. The van der Waals surface area contributed by atoms with Gasteiger partial charge in [-0.05, 0) is 49.6 Å². The lowest BCUT2D eigenvalue weighted by atomic mass is 9.99. The van der Waals surface area contributed by atoms with E-state index in [4.69, 9.17) is 0 Å². The molecule has 0 radical (unpaired) electrons. The van der Waals surface area contributed by atoms with Crippen LogP contribution in [0.1, 0.15) is 42.9 Å². The summed E-state index contributed by atoms with van der Waals surface area (Å²) >= 11 is 3.42. The second-order valence-electron chi connectivity index (χ2n) is 6.41. The number of benzene rings is 2. The number of hydrogen-bond acceptors (Lipinski definition) is 1. The average Bonchev–Trinajstić information content (AvgIpc) is 2.83. The van der Waals surface area contributed by atoms with Crippen LogP contribution < -0.4 is 5.32 Å². The SMILES string of the molecule is Cc1cccc([C@H]2CCCCCN2C(=O)Nc2ccc(Br)cc2)c1. The molecule has 0 aliphatic carbocycles. The zero-order valence-electron chi connectivity index (χ0n) is 14.0. The Hall–Kier alpha value is -1.81. The minimum Gasteiger partial charge on any atom is -0.317 e. The number of carbonyl (C=O) groups excluding carboxylic acids is 1. The Morgan fingerprint density at radius 3 is 2.67 bits per heavy atom. The van der Waals surface area contributed by atoms with Crippen LogP contribution in [0.25, 0.3) is 0 Å². The van der Waals surface area contributed by atoms with Crippen molar-refractivity contribution >= 4 is 27.6 Å². The number of nitrogens with one attached hydrogen (secondary N) is 1. The lowest BCUT2D eigenvalue weighted by molar-refractivity contribution is 0.189. The predicted molar refractivity (Wildman–Crippen MR) is 102 cm³/mol. The summed E-state index contributed by atoms with van der Waals surface area (Å²) in [4.78, 5) is 14.9. The summed E-state index contributed by atoms with van der Waals surface area (Å²) < 4.78 is 1.01. The Balaban J connectivity index is 1.81. The van der Waals surface area contributed by atoms with Crippen LogP contribution in [0.3, 0.4) is 0 Å². The number of anilines is 1. The van der Waals surface area contributed by atoms with Crippen LogP contribution in [0.4, 0.5) is 10.5 Å². The molecule has 0 bridgehead atoms. The molecular formula is C20H23BrN2O. The van der Waals surface area contributed by atoms with Crippen molar-refractivity contribution in [2.24, 2.45) is 0 Å². The summed E-state index contributed by atoms with van der Waals surface area (Å²) in [5, 5.41) is 3.05. The topological polar surface area (TPSA) is 32.3 Å². The van der Waals surface area contributed by atoms with Gasteiger partial charge in [0, 0.05) is 16.7 Å². The number of nitrogens with zero attached hydrogens (tertiary/aromatic N) is 1. The number of halogens is 1. The molecule has 4 heteroatoms. The normalized spacial score (nSPS) is 18.1. The van der Waals surface area contributed by atoms with E-state index in [1.165, 1.54) is 24.0 Å². The van der Waals surface area contributed by atoms with E-state index in [1.54, 1.807) is 0 Å². The third-order valence-electron chi connectivity index (χ3n) is 4.54. The Kier molecular flexibility index (Phi) is 5.56. The van der Waals surface area contributed by atoms with Gasteiger partial charge in [0.25, 0.3) is 0 Å². The Morgan fingerprint density at radius 1 is 1.12 bits per heavy atom. The van der Waals surface area contributed by atoms with Crippen LogP contribution in [-0.4, -0.2) is 17.5 Å². The molecule has 1 atom stereocenters. The quantitative estimate of drug-likeness (QED) is 0.683. The van der Waals surface area contributed by atoms with Gasteiger partial charge in [-0.3, -0.25) is 0 Å². The molecule has 24 heavy (non-hydrogen) atoms. The van der Waals surface area contributed by atoms with E-state index in [1.807, 2.05) is 29.2 Å². The molecule has 1 aliphatic heterocycles. The van der Waals surface area contributed by atoms with Crippen LogP contribution in [0.15, 0.2) is 53.0 Å². The van der Waals surface area contributed by atoms with E-state index in [9.17, 15) is 4.79 Å². The second-order valence-corrected chi connectivity index (χ2v) is 7.33. The number of urea groups is 1. The van der Waals surface area contributed by atoms with Crippen molar-refractivity contribution in [1.82, 2.24) is 4.90 Å². The van der Waals surface area contributed by atoms with Crippen molar-refractivity contribution in [2.75, 3.05) is 11.9 Å². The molecule has 3 rings (SSSR count). The highest BCUT2D eigenvalue weighted by atomic mass is 79.9. The van der Waals surface area contributed by atoms with Gasteiger partial charge in [0.05, 0.1) is 6.04 Å². The van der Waals surface area contributed by atoms with Crippen LogP contribution in [-0.2, 0) is 0 Å². The molecule has 1 aliphatic rings. The molecule has 0 unspecified atom stereocenters. The van der Waals surface area contributed by atoms with Gasteiger partial charge in [-0.25, -0.2) is 4.79 Å². The van der Waals surface area contributed by atoms with Gasteiger partial charge < -0.3 is 10.2 Å². The molecule has 1 fully saturated rings. The fourth-order valence-corrected chi connectivity index (χ4v) is 3.57. The summed E-state index contributed by atoms with van der Waals surface area (Å²) in [6, 6.07) is 16.4. The first kappa shape index (κ1) is 17.0. The minimum absolute atomic E-state index is 0.00858. The monoisotopic (exact) mass is 386 g/mol. The average molecular weight is 387 g/mol. The van der Waals surface area contributed by atoms with Gasteiger partial charge in [-0.1, -0.05) is 58.6 Å². The molecule has 1 heterocycles. The van der Waals surface area contributed by atoms with Crippen molar-refractivity contribution in [3.63, 3.8) is 0 Å². The minimum atomic E-state index is -0.00858. The smallest absolute Gasteiger partial charge is 0.317 e. The summed E-state index contributed by atoms with van der Waals surface area (Å²) in [7, 11) is 0. The maximum atomic E-state index is 12.9. The fraction of sp³-hybridized carbons (Fsp3) is 0.350. The van der Waals surface area contributed by atoms with Gasteiger partial charge in [0.1, 0.15) is 0 Å². The maximum Gasteiger partial charge on any atom is 0.322 e. The van der Waals surface area contributed by atoms with Crippen LogP contribution in [0, 0.1) is 6.92 Å². The standard InChI is InChI=1S/C20H23BrN2O/c1-15-6-5-7-16(14-15)19-8-3-2-4-13-23(19)20(24)22-18-11-9-17(21)10-12-18/h5-7,9-12,14,19H,2-4,8,13H2,1H3,(H,22,24)/t19-/m1/s1. The number of likely N-dealkylation sites (tertiary alicyclic amines) is 1. The first-order valence-electron chi connectivity index (χ1n) is 8.53. The van der Waals surface area contributed by atoms with E-state index in [0.717, 1.165) is 29.5 Å². The van der Waals surface area contributed by atoms with Gasteiger partial charge in [0.2, 0.25) is 0 Å². The third kappa shape index (κ3) is 4.18. The molecule has 0 aromatic heterocycles. The van der Waals surface area contributed by atoms with Crippen LogP contribution in [0.5, 0.6) is 0 Å². The first-order chi connectivity index (χ1) is 11.6. The van der Waals surface area contributed by atoms with E-state index >= 15 is 0 Å². The van der Waals surface area contributed by atoms with E-state index in [-0.39, 0.29) is 12.1 Å². The van der Waals surface area contributed by atoms with E-state index < -0.39 is 0 Å². The number of aryl methyl sites for hydroxylation is 1. The number of amides is 2. The van der Waals surface area contributed by atoms with E-state index in [2.05, 4.69) is 52.4 Å². The third-order valence-corrected chi connectivity index (χ3v) is 5.06. The molecule has 126 valence electrons. The zero-order valence-corrected chi connectivity index (χ0v) is 15.6. The molecular weight excluding hydrogens is 364 g/mol. The molecule has 3 nitrogen and oxygen atoms in total. The van der Waals surface area contributed by atoms with Crippen molar-refractivity contribution in [1.29, 1.82) is 0 Å². The first-order valence-corrected chi connectivity index (χ1v) is 9.32. The van der Waals surface area contributed by atoms with Crippen molar-refractivity contribution in [2.45, 2.75) is 38.6 Å². The number of carbonyl (C=O) groups is 1. The van der Waals surface area contributed by atoms with Gasteiger partial charge >= 0.3 is 6.03 Å². The Morgan fingerprint density at radius 2 is 1.92 bits per heavy atom. The molecule has 2 aromatic carbocycles. The van der Waals surface area contributed by atoms with Crippen molar-refractivity contribution in [3.05, 3.63) is 64.1 Å². The lowest BCUT2D eigenvalue weighted by Crippen LogP contribution is -2.38. The van der Waals surface area contributed by atoms with Crippen molar-refractivity contribution in [3.8, 4) is 0 Å². The summed E-state index contributed by atoms with van der Waals surface area (Å²) in [5.41, 5.74) is 3.31. The molecule has 0 spiro atoms. The van der Waals surface area contributed by atoms with Gasteiger partial charge in [0.15, 0.2) is 0 Å². The highest BCUT2D eigenvalue weighted by Gasteiger charge is 2.26. The highest BCUT2D eigenvalue weighted by Crippen LogP contribution is 2.31. The summed E-state index contributed by atoms with van der Waals surface area (Å²) in [5.74, 6) is 0. The zero-order chi connectivity index (χ0) is 16.9. The van der Waals surface area contributed by atoms with Crippen LogP contribution >= 0.6 is 15.9 Å². The van der Waals surface area contributed by atoms with Gasteiger partial charge in [-0.2, -0.15) is 0 Å². The molecule has 2 aromatic rings. The highest BCUT2D eigenvalue weighted by molar-refractivity contribution is 9.10. The summed E-state index contributed by atoms with van der Waals surface area (Å²) in [6.07, 6.45) is 4.44. The lowest BCUT2D eigenvalue weighted by Gasteiger charge is -2.30. The molecule has 1 saturated heterocycles. The Labute approximate surface area is 152 Å². The fourth-order valence-electron chi connectivity index (χ4n) is 3.30.